The minimum absolute atomic E-state index is 0.00512. The molecule has 0 aromatic heterocycles. The van der Waals surface area contributed by atoms with Crippen molar-refractivity contribution in [1.29, 1.82) is 0 Å². The Hall–Kier alpha value is -2.84. The fourth-order valence-electron chi connectivity index (χ4n) is 2.47. The largest absolute Gasteiger partial charge is 0.389 e. The van der Waals surface area contributed by atoms with Gasteiger partial charge in [-0.2, -0.15) is 10.1 Å². The summed E-state index contributed by atoms with van der Waals surface area (Å²) < 4.78 is 13.4. The number of carbonyl (C=O) groups excluding carboxylic acids is 1. The number of amides is 1. The van der Waals surface area contributed by atoms with Crippen molar-refractivity contribution in [1.82, 2.24) is 10.7 Å². The highest BCUT2D eigenvalue weighted by Crippen LogP contribution is 2.20. The predicted molar refractivity (Wildman–Crippen MR) is 107 cm³/mol. The molecule has 2 aliphatic rings. The number of hydrogen-bond acceptors (Lipinski definition) is 4. The van der Waals surface area contributed by atoms with E-state index in [0.29, 0.717) is 22.1 Å². The molecule has 28 heavy (non-hydrogen) atoms. The quantitative estimate of drug-likeness (QED) is 0.534. The third kappa shape index (κ3) is 5.11. The third-order valence-electron chi connectivity index (χ3n) is 3.80. The minimum atomic E-state index is -1.09. The minimum Gasteiger partial charge on any atom is -0.389 e. The Morgan fingerprint density at radius 2 is 2.25 bits per heavy atom. The number of halogens is 2. The number of allylic oxidation sites excluding steroid dienone is 3. The van der Waals surface area contributed by atoms with Crippen LogP contribution in [0.4, 0.5) is 4.39 Å². The number of rotatable bonds is 3. The summed E-state index contributed by atoms with van der Waals surface area (Å²) >= 11 is 5.93. The summed E-state index contributed by atoms with van der Waals surface area (Å²) in [4.78, 5) is 21.1. The molecule has 1 heterocycles. The van der Waals surface area contributed by atoms with Gasteiger partial charge in [0, 0.05) is 10.6 Å². The number of benzene rings is 1. The summed E-state index contributed by atoms with van der Waals surface area (Å²) in [5.41, 5.74) is 2.45. The topological polar surface area (TPSA) is 98.4 Å². The zero-order valence-corrected chi connectivity index (χ0v) is 16.0. The van der Waals surface area contributed by atoms with Crippen LogP contribution in [0, 0.1) is 5.92 Å². The molecule has 1 aromatic carbocycles. The van der Waals surface area contributed by atoms with Crippen LogP contribution in [0.25, 0.3) is 0 Å². The second-order valence-corrected chi connectivity index (χ2v) is 7.36. The molecule has 0 saturated heterocycles. The molecule has 9 heteroatoms. The van der Waals surface area contributed by atoms with Crippen molar-refractivity contribution in [2.45, 2.75) is 19.4 Å². The van der Waals surface area contributed by atoms with Gasteiger partial charge < -0.3 is 5.11 Å². The molecule has 146 valence electrons. The first-order chi connectivity index (χ1) is 13.2. The van der Waals surface area contributed by atoms with Crippen LogP contribution in [0.3, 0.4) is 0 Å². The standard InChI is InChI=1S/C19H19ClFN5O2/c1-19(2,28)10-22-18(24-17(27)11-4-3-5-12(20)8-11)23-16-14-7-6-13(21)9-15(14)25-26-16/h3-9,14,28H,10H2,1-2H3,(H2,22,23,24,26,27). The zero-order chi connectivity index (χ0) is 20.3. The molecule has 3 N–H and O–H groups in total. The average molecular weight is 404 g/mol. The molecule has 1 amide bonds. The van der Waals surface area contributed by atoms with Gasteiger partial charge >= 0.3 is 0 Å². The summed E-state index contributed by atoms with van der Waals surface area (Å²) in [5, 5.41) is 17.0. The third-order valence-corrected chi connectivity index (χ3v) is 4.04. The van der Waals surface area contributed by atoms with Crippen LogP contribution in [-0.4, -0.2) is 40.7 Å². The number of nitrogens with zero attached hydrogens (tertiary/aromatic N) is 3. The van der Waals surface area contributed by atoms with E-state index in [1.807, 2.05) is 0 Å². The van der Waals surface area contributed by atoms with E-state index in [2.05, 4.69) is 25.8 Å². The van der Waals surface area contributed by atoms with Crippen LogP contribution in [-0.2, 0) is 0 Å². The number of aliphatic imine (C=N–C) groups is 2. The predicted octanol–water partition coefficient (Wildman–Crippen LogP) is 2.59. The van der Waals surface area contributed by atoms with E-state index in [1.165, 1.54) is 18.2 Å². The first-order valence-corrected chi connectivity index (χ1v) is 8.90. The van der Waals surface area contributed by atoms with Gasteiger partial charge in [-0.3, -0.25) is 15.5 Å². The summed E-state index contributed by atoms with van der Waals surface area (Å²) in [6.07, 6.45) is 4.24. The highest BCUT2D eigenvalue weighted by atomic mass is 35.5. The fraction of sp³-hybridized carbons (Fsp3) is 0.263. The summed E-state index contributed by atoms with van der Waals surface area (Å²) in [5.74, 6) is -0.839. The molecule has 1 aliphatic carbocycles. The van der Waals surface area contributed by atoms with Gasteiger partial charge in [0.25, 0.3) is 5.91 Å². The lowest BCUT2D eigenvalue weighted by Gasteiger charge is -2.15. The number of amidine groups is 1. The molecule has 3 rings (SSSR count). The number of nitrogens with one attached hydrogen (secondary N) is 2. The first kappa shape index (κ1) is 19.9. The van der Waals surface area contributed by atoms with E-state index in [9.17, 15) is 14.3 Å². The highest BCUT2D eigenvalue weighted by molar-refractivity contribution is 6.31. The average Bonchev–Trinajstić information content (AvgIpc) is 3.00. The van der Waals surface area contributed by atoms with Gasteiger partial charge in [0.05, 0.1) is 23.8 Å². The van der Waals surface area contributed by atoms with E-state index in [0.717, 1.165) is 0 Å². The second-order valence-electron chi connectivity index (χ2n) is 6.93. The van der Waals surface area contributed by atoms with E-state index in [4.69, 9.17) is 11.6 Å². The summed E-state index contributed by atoms with van der Waals surface area (Å²) in [7, 11) is 0. The molecular weight excluding hydrogens is 385 g/mol. The van der Waals surface area contributed by atoms with Crippen LogP contribution >= 0.6 is 11.6 Å². The van der Waals surface area contributed by atoms with Crippen molar-refractivity contribution in [3.8, 4) is 0 Å². The Bertz CT molecular complexity index is 944. The molecule has 0 saturated carbocycles. The Kier molecular flexibility index (Phi) is 5.71. The van der Waals surface area contributed by atoms with Crippen molar-refractivity contribution in [3.05, 3.63) is 58.9 Å². The molecule has 1 aromatic rings. The molecule has 0 spiro atoms. The number of aliphatic hydroxyl groups is 1. The van der Waals surface area contributed by atoms with Gasteiger partial charge in [0.1, 0.15) is 11.7 Å². The maximum atomic E-state index is 13.4. The van der Waals surface area contributed by atoms with Crippen molar-refractivity contribution in [3.63, 3.8) is 0 Å². The van der Waals surface area contributed by atoms with Gasteiger partial charge in [-0.25, -0.2) is 9.38 Å². The van der Waals surface area contributed by atoms with Gasteiger partial charge in [0.15, 0.2) is 0 Å². The van der Waals surface area contributed by atoms with Crippen LogP contribution in [0.2, 0.25) is 5.02 Å². The van der Waals surface area contributed by atoms with Gasteiger partial charge in [-0.05, 0) is 44.2 Å². The Balaban J connectivity index is 1.84. The Morgan fingerprint density at radius 1 is 1.46 bits per heavy atom. The lowest BCUT2D eigenvalue weighted by molar-refractivity contribution is 0.0897. The SMILES string of the molecule is CC(C)(O)CN=C(N=C1NN=C2C=C(F)C=CC21)NC(=O)c1cccc(Cl)c1. The molecule has 1 atom stereocenters. The Morgan fingerprint density at radius 3 is 2.96 bits per heavy atom. The number of hydrazone groups is 1. The van der Waals surface area contributed by atoms with Crippen molar-refractivity contribution < 1.29 is 14.3 Å². The fourth-order valence-corrected chi connectivity index (χ4v) is 2.66. The number of carbonyl (C=O) groups is 1. The van der Waals surface area contributed by atoms with Crippen molar-refractivity contribution in [2.24, 2.45) is 21.0 Å². The molecule has 0 radical (unpaired) electrons. The summed E-state index contributed by atoms with van der Waals surface area (Å²) in [6, 6.07) is 6.44. The molecule has 1 unspecified atom stereocenters. The lowest BCUT2D eigenvalue weighted by Crippen LogP contribution is -2.34. The first-order valence-electron chi connectivity index (χ1n) is 8.52. The summed E-state index contributed by atoms with van der Waals surface area (Å²) in [6.45, 7) is 3.19. The molecule has 7 nitrogen and oxygen atoms in total. The van der Waals surface area contributed by atoms with Crippen molar-refractivity contribution >= 4 is 35.0 Å². The van der Waals surface area contributed by atoms with Crippen LogP contribution in [0.5, 0.6) is 0 Å². The van der Waals surface area contributed by atoms with E-state index in [1.54, 1.807) is 38.1 Å². The molecule has 0 fully saturated rings. The number of guanidine groups is 1. The Labute approximate surface area is 166 Å². The second kappa shape index (κ2) is 8.04. The molecule has 1 aliphatic heterocycles. The van der Waals surface area contributed by atoms with Crippen molar-refractivity contribution in [2.75, 3.05) is 6.54 Å². The van der Waals surface area contributed by atoms with Gasteiger partial charge in [0.2, 0.25) is 5.96 Å². The van der Waals surface area contributed by atoms with E-state index < -0.39 is 17.3 Å². The van der Waals surface area contributed by atoms with Crippen LogP contribution in [0.15, 0.2) is 63.4 Å². The monoisotopic (exact) mass is 403 g/mol. The van der Waals surface area contributed by atoms with E-state index >= 15 is 0 Å². The highest BCUT2D eigenvalue weighted by Gasteiger charge is 2.28. The smallest absolute Gasteiger partial charge is 0.258 e. The van der Waals surface area contributed by atoms with E-state index in [-0.39, 0.29) is 18.4 Å². The lowest BCUT2D eigenvalue weighted by atomic mass is 9.98. The van der Waals surface area contributed by atoms with Crippen LogP contribution in [0.1, 0.15) is 24.2 Å². The maximum absolute atomic E-state index is 13.4. The normalized spacial score (nSPS) is 20.4. The molecular formula is C19H19ClFN5O2. The number of hydrogen-bond donors (Lipinski definition) is 3. The maximum Gasteiger partial charge on any atom is 0.258 e. The van der Waals surface area contributed by atoms with Gasteiger partial charge in [-0.1, -0.05) is 23.7 Å². The van der Waals surface area contributed by atoms with Crippen LogP contribution < -0.4 is 10.7 Å². The zero-order valence-electron chi connectivity index (χ0n) is 15.3. The van der Waals surface area contributed by atoms with Gasteiger partial charge in [-0.15, -0.1) is 0 Å². The molecule has 0 bridgehead atoms. The number of fused-ring (bicyclic) bond motifs is 1.